The molecule has 2 heterocycles. The second-order valence-corrected chi connectivity index (χ2v) is 16.3. The highest BCUT2D eigenvalue weighted by molar-refractivity contribution is 9.10. The van der Waals surface area contributed by atoms with Crippen LogP contribution < -0.4 is 20.7 Å². The van der Waals surface area contributed by atoms with Crippen molar-refractivity contribution in [3.63, 3.8) is 0 Å². The highest BCUT2D eigenvalue weighted by Gasteiger charge is 2.44. The van der Waals surface area contributed by atoms with Crippen LogP contribution in [-0.4, -0.2) is 73.8 Å². The average Bonchev–Trinajstić information content (AvgIpc) is 3.58. The van der Waals surface area contributed by atoms with E-state index in [-0.39, 0.29) is 17.2 Å². The molecule has 2 aliphatic heterocycles. The van der Waals surface area contributed by atoms with Crippen molar-refractivity contribution in [2.24, 2.45) is 10.8 Å². The maximum atomic E-state index is 14.1. The molecule has 2 saturated heterocycles. The van der Waals surface area contributed by atoms with E-state index < -0.39 is 17.7 Å². The molecule has 0 bridgehead atoms. The lowest BCUT2D eigenvalue weighted by atomic mass is 9.77. The lowest BCUT2D eigenvalue weighted by Crippen LogP contribution is -2.61. The smallest absolute Gasteiger partial charge is 0.410 e. The first-order valence-electron chi connectivity index (χ1n) is 18.1. The van der Waals surface area contributed by atoms with Gasteiger partial charge in [-0.3, -0.25) is 9.59 Å². The SMILES string of the molecule is CC1(CNC(=O)[C@@H](Cc2ccccc2)NC(=O)C2(NC(=O)Oc3ccc4cc(Br)ccc4c3)CCCC2)CCN(CC2(C)CCOCC2)CC1. The number of nitrogens with zero attached hydrogens (tertiary/aromatic N) is 1. The minimum Gasteiger partial charge on any atom is -0.410 e. The van der Waals surface area contributed by atoms with Crippen molar-refractivity contribution in [1.82, 2.24) is 20.9 Å². The summed E-state index contributed by atoms with van der Waals surface area (Å²) in [5, 5.41) is 11.1. The third-order valence-corrected chi connectivity index (χ3v) is 11.7. The van der Waals surface area contributed by atoms with Gasteiger partial charge in [0.25, 0.3) is 0 Å². The molecule has 1 saturated carbocycles. The Kier molecular flexibility index (Phi) is 11.5. The molecule has 0 spiro atoms. The zero-order valence-corrected chi connectivity index (χ0v) is 31.0. The maximum absolute atomic E-state index is 14.1. The summed E-state index contributed by atoms with van der Waals surface area (Å²) in [4.78, 5) is 43.8. The topological polar surface area (TPSA) is 109 Å². The molecule has 3 N–H and O–H groups in total. The van der Waals surface area contributed by atoms with Crippen LogP contribution >= 0.6 is 15.9 Å². The summed E-state index contributed by atoms with van der Waals surface area (Å²) >= 11 is 3.49. The van der Waals surface area contributed by atoms with Gasteiger partial charge in [-0.2, -0.15) is 0 Å². The number of piperidine rings is 1. The Morgan fingerprint density at radius 3 is 2.26 bits per heavy atom. The molecule has 50 heavy (non-hydrogen) atoms. The van der Waals surface area contributed by atoms with Crippen LogP contribution in [0.5, 0.6) is 5.75 Å². The van der Waals surface area contributed by atoms with Gasteiger partial charge >= 0.3 is 6.09 Å². The lowest BCUT2D eigenvalue weighted by Gasteiger charge is -2.44. The van der Waals surface area contributed by atoms with Crippen molar-refractivity contribution in [3.8, 4) is 5.75 Å². The first kappa shape index (κ1) is 36.3. The van der Waals surface area contributed by atoms with Gasteiger partial charge in [0.2, 0.25) is 11.8 Å². The minimum absolute atomic E-state index is 0.0265. The van der Waals surface area contributed by atoms with Crippen LogP contribution in [-0.2, 0) is 20.7 Å². The standard InChI is InChI=1S/C40H51BrN4O5/c1-38(16-20-45(21-17-38)28-39(2)18-22-49-23-19-39)27-42-35(46)34(24-29-8-4-3-5-9-29)43-36(47)40(14-6-7-15-40)44-37(48)50-33-13-11-30-25-32(41)12-10-31(30)26-33/h3-5,8-13,25-26,34H,6-7,14-24,27-28H2,1-2H3,(H,42,46)(H,43,47)(H,44,48)/t34-/m1/s1. The van der Waals surface area contributed by atoms with Crippen molar-refractivity contribution in [2.75, 3.05) is 39.4 Å². The molecule has 3 aromatic rings. The summed E-state index contributed by atoms with van der Waals surface area (Å²) < 4.78 is 12.2. The van der Waals surface area contributed by atoms with Crippen molar-refractivity contribution in [1.29, 1.82) is 0 Å². The van der Waals surface area contributed by atoms with Crippen LogP contribution in [0, 0.1) is 10.8 Å². The number of likely N-dealkylation sites (tertiary alicyclic amines) is 1. The van der Waals surface area contributed by atoms with Gasteiger partial charge < -0.3 is 30.3 Å². The molecule has 3 aromatic carbocycles. The van der Waals surface area contributed by atoms with Gasteiger partial charge in [0.15, 0.2) is 0 Å². The number of hydrogen-bond donors (Lipinski definition) is 3. The van der Waals surface area contributed by atoms with E-state index in [1.807, 2.05) is 54.6 Å². The zero-order chi connectivity index (χ0) is 35.2. The van der Waals surface area contributed by atoms with Crippen LogP contribution in [0.1, 0.15) is 70.8 Å². The van der Waals surface area contributed by atoms with Crippen molar-refractivity contribution < 1.29 is 23.9 Å². The van der Waals surface area contributed by atoms with Gasteiger partial charge in [-0.25, -0.2) is 4.79 Å². The predicted octanol–water partition coefficient (Wildman–Crippen LogP) is 6.77. The van der Waals surface area contributed by atoms with Crippen LogP contribution in [0.4, 0.5) is 4.79 Å². The Balaban J connectivity index is 1.08. The molecular formula is C40H51BrN4O5. The van der Waals surface area contributed by atoms with E-state index in [1.54, 1.807) is 12.1 Å². The molecule has 3 amide bonds. The number of halogens is 1. The molecule has 6 rings (SSSR count). The fourth-order valence-corrected chi connectivity index (χ4v) is 8.12. The molecule has 0 aromatic heterocycles. The Morgan fingerprint density at radius 2 is 1.54 bits per heavy atom. The number of amides is 3. The summed E-state index contributed by atoms with van der Waals surface area (Å²) in [6, 6.07) is 20.3. The van der Waals surface area contributed by atoms with E-state index >= 15 is 0 Å². The number of hydrogen-bond acceptors (Lipinski definition) is 6. The fourth-order valence-electron chi connectivity index (χ4n) is 7.74. The lowest BCUT2D eigenvalue weighted by molar-refractivity contribution is -0.132. The normalized spacial score (nSPS) is 20.5. The van der Waals surface area contributed by atoms with Crippen LogP contribution in [0.2, 0.25) is 0 Å². The van der Waals surface area contributed by atoms with Gasteiger partial charge in [0, 0.05) is 37.2 Å². The molecule has 3 aliphatic rings. The Hall–Kier alpha value is -3.47. The van der Waals surface area contributed by atoms with Crippen LogP contribution in [0.25, 0.3) is 10.8 Å². The van der Waals surface area contributed by atoms with E-state index in [2.05, 4.69) is 50.6 Å². The number of carbonyl (C=O) groups is 3. The number of ether oxygens (including phenoxy) is 2. The third kappa shape index (κ3) is 9.25. The molecule has 9 nitrogen and oxygen atoms in total. The highest BCUT2D eigenvalue weighted by Crippen LogP contribution is 2.36. The number of carbonyl (C=O) groups excluding carboxylic acids is 3. The monoisotopic (exact) mass is 746 g/mol. The molecule has 0 unspecified atom stereocenters. The first-order chi connectivity index (χ1) is 24.0. The maximum Gasteiger partial charge on any atom is 0.413 e. The fraction of sp³-hybridized carbons (Fsp3) is 0.525. The van der Waals surface area contributed by atoms with E-state index in [0.717, 1.165) is 92.2 Å². The Bertz CT molecular complexity index is 1650. The molecule has 1 aliphatic carbocycles. The largest absolute Gasteiger partial charge is 0.413 e. The van der Waals surface area contributed by atoms with Gasteiger partial charge in [0.05, 0.1) is 0 Å². The van der Waals surface area contributed by atoms with Crippen molar-refractivity contribution >= 4 is 44.6 Å². The summed E-state index contributed by atoms with van der Waals surface area (Å²) in [6.07, 6.45) is 6.39. The van der Waals surface area contributed by atoms with Gasteiger partial charge in [-0.15, -0.1) is 0 Å². The van der Waals surface area contributed by atoms with E-state index in [1.165, 1.54) is 0 Å². The first-order valence-corrected chi connectivity index (χ1v) is 18.9. The van der Waals surface area contributed by atoms with Gasteiger partial charge in [-0.1, -0.05) is 85.1 Å². The summed E-state index contributed by atoms with van der Waals surface area (Å²) in [6.45, 7) is 9.98. The van der Waals surface area contributed by atoms with E-state index in [4.69, 9.17) is 9.47 Å². The number of fused-ring (bicyclic) bond motifs is 1. The predicted molar refractivity (Wildman–Crippen MR) is 199 cm³/mol. The van der Waals surface area contributed by atoms with Crippen LogP contribution in [0.15, 0.2) is 71.2 Å². The summed E-state index contributed by atoms with van der Waals surface area (Å²) in [7, 11) is 0. The third-order valence-electron chi connectivity index (χ3n) is 11.2. The molecule has 3 fully saturated rings. The summed E-state index contributed by atoms with van der Waals surface area (Å²) in [5.74, 6) is -0.170. The minimum atomic E-state index is -1.16. The highest BCUT2D eigenvalue weighted by atomic mass is 79.9. The molecule has 10 heteroatoms. The Labute approximate surface area is 304 Å². The molecular weight excluding hydrogens is 696 g/mol. The van der Waals surface area contributed by atoms with E-state index in [9.17, 15) is 14.4 Å². The molecule has 1 atom stereocenters. The van der Waals surface area contributed by atoms with Gasteiger partial charge in [0.1, 0.15) is 17.3 Å². The Morgan fingerprint density at radius 1 is 0.860 bits per heavy atom. The second-order valence-electron chi connectivity index (χ2n) is 15.4. The zero-order valence-electron chi connectivity index (χ0n) is 29.4. The number of rotatable bonds is 11. The van der Waals surface area contributed by atoms with Gasteiger partial charge in [-0.05, 0) is 103 Å². The summed E-state index contributed by atoms with van der Waals surface area (Å²) in [5.41, 5.74) is 0.0692. The van der Waals surface area contributed by atoms with E-state index in [0.29, 0.717) is 37.0 Å². The molecule has 0 radical (unpaired) electrons. The van der Waals surface area contributed by atoms with Crippen molar-refractivity contribution in [2.45, 2.75) is 83.2 Å². The second kappa shape index (κ2) is 15.8. The average molecular weight is 748 g/mol. The van der Waals surface area contributed by atoms with Crippen LogP contribution in [0.3, 0.4) is 0 Å². The number of benzene rings is 3. The number of nitrogens with one attached hydrogen (secondary N) is 3. The van der Waals surface area contributed by atoms with Crippen molar-refractivity contribution in [3.05, 3.63) is 76.8 Å². The molecule has 268 valence electrons. The quantitative estimate of drug-likeness (QED) is 0.200.